The molecule has 0 aliphatic rings. The van der Waals surface area contributed by atoms with Gasteiger partial charge < -0.3 is 0 Å². The summed E-state index contributed by atoms with van der Waals surface area (Å²) in [5, 5.41) is 10.9. The van der Waals surface area contributed by atoms with E-state index < -0.39 is 0 Å². The molecule has 0 unspecified atom stereocenters. The molecule has 2 aromatic rings. The summed E-state index contributed by atoms with van der Waals surface area (Å²) in [7, 11) is 0. The fourth-order valence-corrected chi connectivity index (χ4v) is 1.56. The van der Waals surface area contributed by atoms with E-state index in [1.54, 1.807) is 0 Å². The van der Waals surface area contributed by atoms with Crippen LogP contribution >= 0.6 is 0 Å². The van der Waals surface area contributed by atoms with Crippen LogP contribution in [0, 0.1) is 0 Å². The number of rotatable bonds is 2. The number of aromatic amines is 1. The zero-order valence-corrected chi connectivity index (χ0v) is 9.75. The summed E-state index contributed by atoms with van der Waals surface area (Å²) >= 11 is 0. The van der Waals surface area contributed by atoms with Crippen molar-refractivity contribution in [2.24, 2.45) is 0 Å². The molecule has 2 rings (SSSR count). The van der Waals surface area contributed by atoms with Gasteiger partial charge in [0.2, 0.25) is 0 Å². The normalized spacial score (nSPS) is 10.1. The average Bonchev–Trinajstić information content (AvgIpc) is 2.63. The topological polar surface area (TPSA) is 41.6 Å². The molecule has 1 heterocycles. The van der Waals surface area contributed by atoms with Crippen LogP contribution < -0.4 is 0 Å². The minimum absolute atomic E-state index is 0. The SMILES string of the molecule is CCc1cc(CC)c2n[nH]nc2c1.[Ag]. The molecule has 0 aliphatic heterocycles. The number of fused-ring (bicyclic) bond motifs is 1. The molecule has 0 aliphatic carbocycles. The van der Waals surface area contributed by atoms with E-state index in [0.717, 1.165) is 23.9 Å². The molecule has 0 spiro atoms. The summed E-state index contributed by atoms with van der Waals surface area (Å²) in [6.45, 7) is 4.30. The van der Waals surface area contributed by atoms with Gasteiger partial charge in [0, 0.05) is 22.4 Å². The number of hydrogen-bond acceptors (Lipinski definition) is 2. The quantitative estimate of drug-likeness (QED) is 0.857. The number of hydrogen-bond donors (Lipinski definition) is 1. The summed E-state index contributed by atoms with van der Waals surface area (Å²) in [6, 6.07) is 4.31. The maximum Gasteiger partial charge on any atom is 0.116 e. The molecule has 1 N–H and O–H groups in total. The van der Waals surface area contributed by atoms with Gasteiger partial charge in [0.1, 0.15) is 11.0 Å². The van der Waals surface area contributed by atoms with Gasteiger partial charge in [-0.2, -0.15) is 15.4 Å². The molecule has 0 fully saturated rings. The zero-order chi connectivity index (χ0) is 9.26. The Balaban J connectivity index is 0.000000980. The first-order chi connectivity index (χ1) is 6.35. The number of aromatic nitrogens is 3. The first-order valence-corrected chi connectivity index (χ1v) is 4.67. The van der Waals surface area contributed by atoms with E-state index in [-0.39, 0.29) is 22.4 Å². The van der Waals surface area contributed by atoms with Crippen molar-refractivity contribution < 1.29 is 22.4 Å². The van der Waals surface area contributed by atoms with E-state index in [1.807, 2.05) is 0 Å². The minimum Gasteiger partial charge on any atom is -0.197 e. The van der Waals surface area contributed by atoms with Crippen LogP contribution in [0.5, 0.6) is 0 Å². The molecular formula is C10H13AgN3. The molecule has 0 saturated carbocycles. The monoisotopic (exact) mass is 282 g/mol. The Morgan fingerprint density at radius 3 is 2.57 bits per heavy atom. The maximum atomic E-state index is 4.13. The van der Waals surface area contributed by atoms with Gasteiger partial charge in [-0.25, -0.2) is 0 Å². The van der Waals surface area contributed by atoms with Gasteiger partial charge in [0.05, 0.1) is 0 Å². The number of H-pyrrole nitrogens is 1. The van der Waals surface area contributed by atoms with E-state index in [4.69, 9.17) is 0 Å². The van der Waals surface area contributed by atoms with Crippen LogP contribution in [0.1, 0.15) is 25.0 Å². The van der Waals surface area contributed by atoms with Gasteiger partial charge in [-0.15, -0.1) is 0 Å². The second-order valence-corrected chi connectivity index (χ2v) is 3.15. The van der Waals surface area contributed by atoms with E-state index in [9.17, 15) is 0 Å². The van der Waals surface area contributed by atoms with Crippen molar-refractivity contribution in [1.82, 2.24) is 15.4 Å². The van der Waals surface area contributed by atoms with Crippen molar-refractivity contribution in [1.29, 1.82) is 0 Å². The number of benzene rings is 1. The van der Waals surface area contributed by atoms with Crippen LogP contribution in [0.15, 0.2) is 12.1 Å². The predicted octanol–water partition coefficient (Wildman–Crippen LogP) is 2.08. The molecular weight excluding hydrogens is 270 g/mol. The fraction of sp³-hybridized carbons (Fsp3) is 0.400. The van der Waals surface area contributed by atoms with Crippen LogP contribution in [-0.2, 0) is 35.2 Å². The van der Waals surface area contributed by atoms with E-state index in [2.05, 4.69) is 41.4 Å². The molecule has 79 valence electrons. The molecule has 0 bridgehead atoms. The number of aryl methyl sites for hydroxylation is 2. The van der Waals surface area contributed by atoms with Crippen LogP contribution in [0.2, 0.25) is 0 Å². The molecule has 0 amide bonds. The molecule has 4 heteroatoms. The van der Waals surface area contributed by atoms with Crippen molar-refractivity contribution in [3.8, 4) is 0 Å². The third-order valence-electron chi connectivity index (χ3n) is 2.35. The van der Waals surface area contributed by atoms with Gasteiger partial charge >= 0.3 is 0 Å². The fourth-order valence-electron chi connectivity index (χ4n) is 1.56. The second-order valence-electron chi connectivity index (χ2n) is 3.15. The predicted molar refractivity (Wildman–Crippen MR) is 52.6 cm³/mol. The Labute approximate surface area is 98.8 Å². The van der Waals surface area contributed by atoms with Crippen molar-refractivity contribution in [3.05, 3.63) is 23.3 Å². The van der Waals surface area contributed by atoms with Gasteiger partial charge in [0.25, 0.3) is 0 Å². The van der Waals surface area contributed by atoms with Crippen LogP contribution in [0.25, 0.3) is 11.0 Å². The summed E-state index contributed by atoms with van der Waals surface area (Å²) in [6.07, 6.45) is 2.06. The average molecular weight is 283 g/mol. The molecule has 1 radical (unpaired) electrons. The molecule has 1 aromatic carbocycles. The van der Waals surface area contributed by atoms with Crippen LogP contribution in [0.4, 0.5) is 0 Å². The van der Waals surface area contributed by atoms with E-state index in [1.165, 1.54) is 11.1 Å². The standard InChI is InChI=1S/C10H13N3.Ag/c1-3-7-5-8(4-2)10-9(6-7)11-13-12-10;/h5-6H,3-4H2,1-2H3,(H,11,12,13);. The summed E-state index contributed by atoms with van der Waals surface area (Å²) in [4.78, 5) is 0. The van der Waals surface area contributed by atoms with Crippen LogP contribution in [0.3, 0.4) is 0 Å². The van der Waals surface area contributed by atoms with Gasteiger partial charge in [-0.1, -0.05) is 19.9 Å². The number of nitrogens with zero attached hydrogens (tertiary/aromatic N) is 2. The Kier molecular flexibility index (Phi) is 3.87. The van der Waals surface area contributed by atoms with Gasteiger partial charge in [-0.3, -0.25) is 0 Å². The van der Waals surface area contributed by atoms with Crippen molar-refractivity contribution in [2.75, 3.05) is 0 Å². The first kappa shape index (κ1) is 11.4. The van der Waals surface area contributed by atoms with E-state index in [0.29, 0.717) is 0 Å². The summed E-state index contributed by atoms with van der Waals surface area (Å²) in [5.41, 5.74) is 4.61. The van der Waals surface area contributed by atoms with E-state index >= 15 is 0 Å². The van der Waals surface area contributed by atoms with Crippen LogP contribution in [-0.4, -0.2) is 15.4 Å². The second kappa shape index (κ2) is 4.73. The van der Waals surface area contributed by atoms with Crippen molar-refractivity contribution in [2.45, 2.75) is 26.7 Å². The number of nitrogens with one attached hydrogen (secondary N) is 1. The maximum absolute atomic E-state index is 4.13. The van der Waals surface area contributed by atoms with Crippen molar-refractivity contribution >= 4 is 11.0 Å². The first-order valence-electron chi connectivity index (χ1n) is 4.67. The summed E-state index contributed by atoms with van der Waals surface area (Å²) < 4.78 is 0. The third-order valence-corrected chi connectivity index (χ3v) is 2.35. The summed E-state index contributed by atoms with van der Waals surface area (Å²) in [5.74, 6) is 0. The van der Waals surface area contributed by atoms with Crippen molar-refractivity contribution in [3.63, 3.8) is 0 Å². The Bertz CT molecular complexity index is 422. The Morgan fingerprint density at radius 1 is 1.14 bits per heavy atom. The largest absolute Gasteiger partial charge is 0.197 e. The zero-order valence-electron chi connectivity index (χ0n) is 8.26. The Morgan fingerprint density at radius 2 is 1.93 bits per heavy atom. The molecule has 14 heavy (non-hydrogen) atoms. The Hall–Kier alpha value is -0.640. The molecule has 3 nitrogen and oxygen atoms in total. The molecule has 0 atom stereocenters. The molecule has 0 saturated heterocycles. The van der Waals surface area contributed by atoms with Gasteiger partial charge in [-0.05, 0) is 30.0 Å². The minimum atomic E-state index is 0. The third kappa shape index (κ3) is 1.90. The smallest absolute Gasteiger partial charge is 0.116 e. The van der Waals surface area contributed by atoms with Gasteiger partial charge in [0.15, 0.2) is 0 Å². The molecule has 1 aromatic heterocycles.